The molecule has 0 bridgehead atoms. The molecule has 0 aliphatic rings. The number of hydrogen-bond acceptors (Lipinski definition) is 4. The molecular formula is C16H20BrNO4S. The van der Waals surface area contributed by atoms with Crippen molar-refractivity contribution in [3.05, 3.63) is 34.3 Å². The van der Waals surface area contributed by atoms with Crippen LogP contribution in [0, 0.1) is 0 Å². The summed E-state index contributed by atoms with van der Waals surface area (Å²) in [5.41, 5.74) is 0.546. The number of rotatable bonds is 6. The normalized spacial score (nSPS) is 13.6. The Bertz CT molecular complexity index is 734. The third kappa shape index (κ3) is 6.66. The van der Waals surface area contributed by atoms with Crippen LogP contribution in [0.1, 0.15) is 32.3 Å². The van der Waals surface area contributed by atoms with E-state index in [1.54, 1.807) is 18.2 Å². The lowest BCUT2D eigenvalue weighted by molar-refractivity contribution is -0.137. The van der Waals surface area contributed by atoms with Crippen molar-refractivity contribution >= 4 is 43.6 Å². The Labute approximate surface area is 145 Å². The van der Waals surface area contributed by atoms with Gasteiger partial charge >= 0.3 is 5.97 Å². The van der Waals surface area contributed by atoms with E-state index in [1.807, 2.05) is 6.92 Å². The molecule has 1 aromatic carbocycles. The maximum absolute atomic E-state index is 12.6. The number of benzene rings is 1. The number of ether oxygens (including phenoxy) is 1. The molecule has 0 radical (unpaired) electrons. The first kappa shape index (κ1) is 19.6. The van der Waals surface area contributed by atoms with Crippen LogP contribution in [-0.4, -0.2) is 28.9 Å². The highest BCUT2D eigenvalue weighted by molar-refractivity contribution is 9.10. The van der Waals surface area contributed by atoms with E-state index in [2.05, 4.69) is 20.3 Å². The number of carbonyl (C=O) groups excluding carboxylic acids is 2. The van der Waals surface area contributed by atoms with Gasteiger partial charge in [-0.05, 0) is 36.3 Å². The molecule has 0 heterocycles. The molecule has 5 nitrogen and oxygen atoms in total. The highest BCUT2D eigenvalue weighted by atomic mass is 79.9. The van der Waals surface area contributed by atoms with Gasteiger partial charge in [-0.3, -0.25) is 4.79 Å². The third-order valence-corrected chi connectivity index (χ3v) is 5.11. The van der Waals surface area contributed by atoms with Crippen molar-refractivity contribution in [1.29, 1.82) is 0 Å². The Hall–Kier alpha value is -1.47. The minimum absolute atomic E-state index is 0.370. The zero-order valence-corrected chi connectivity index (χ0v) is 15.8. The number of carbonyl (C=O) groups is 2. The van der Waals surface area contributed by atoms with Crippen LogP contribution < -0.4 is 0 Å². The number of halogens is 1. The van der Waals surface area contributed by atoms with Crippen molar-refractivity contribution in [1.82, 2.24) is 0 Å². The summed E-state index contributed by atoms with van der Waals surface area (Å²) in [5, 5.41) is 0. The van der Waals surface area contributed by atoms with Gasteiger partial charge in [0.15, 0.2) is 0 Å². The first-order chi connectivity index (χ1) is 10.8. The zero-order valence-electron chi connectivity index (χ0n) is 13.4. The number of hydrogen-bond donors (Lipinski definition) is 0. The minimum atomic E-state index is -2.87. The standard InChI is InChI=1S/C16H20BrNO4S/c1-4-5-10-22-16(20)9-6-13-11-14(17)7-8-15(13)23(3,21)18-12(2)19/h6-9,11H,4-5,10H2,1-3H3/b9-6+. The van der Waals surface area contributed by atoms with Gasteiger partial charge in [0.25, 0.3) is 5.91 Å². The van der Waals surface area contributed by atoms with Crippen LogP contribution in [0.15, 0.2) is 38.0 Å². The lowest BCUT2D eigenvalue weighted by Gasteiger charge is -2.08. The molecule has 0 fully saturated rings. The third-order valence-electron chi connectivity index (χ3n) is 2.82. The molecule has 0 aliphatic carbocycles. The van der Waals surface area contributed by atoms with Crippen LogP contribution in [0.4, 0.5) is 0 Å². The lowest BCUT2D eigenvalue weighted by Crippen LogP contribution is -2.04. The molecule has 1 atom stereocenters. The second-order valence-corrected chi connectivity index (χ2v) is 8.09. The molecular weight excluding hydrogens is 382 g/mol. The molecule has 1 unspecified atom stereocenters. The van der Waals surface area contributed by atoms with Crippen LogP contribution in [0.5, 0.6) is 0 Å². The van der Waals surface area contributed by atoms with E-state index in [4.69, 9.17) is 4.74 Å². The molecule has 1 amide bonds. The fraction of sp³-hybridized carbons (Fsp3) is 0.375. The van der Waals surface area contributed by atoms with E-state index in [0.717, 1.165) is 17.3 Å². The summed E-state index contributed by atoms with van der Waals surface area (Å²) in [6, 6.07) is 5.05. The maximum Gasteiger partial charge on any atom is 0.330 e. The van der Waals surface area contributed by atoms with Gasteiger partial charge in [0.2, 0.25) is 0 Å². The van der Waals surface area contributed by atoms with Crippen LogP contribution in [0.2, 0.25) is 0 Å². The van der Waals surface area contributed by atoms with Gasteiger partial charge in [-0.1, -0.05) is 29.3 Å². The average Bonchev–Trinajstić information content (AvgIpc) is 2.43. The highest BCUT2D eigenvalue weighted by Gasteiger charge is 2.12. The fourth-order valence-electron chi connectivity index (χ4n) is 1.81. The quantitative estimate of drug-likeness (QED) is 0.412. The van der Waals surface area contributed by atoms with E-state index in [9.17, 15) is 13.8 Å². The smallest absolute Gasteiger partial charge is 0.330 e. The maximum atomic E-state index is 12.6. The lowest BCUT2D eigenvalue weighted by atomic mass is 10.2. The van der Waals surface area contributed by atoms with Gasteiger partial charge in [-0.2, -0.15) is 4.36 Å². The van der Waals surface area contributed by atoms with Crippen molar-refractivity contribution in [2.75, 3.05) is 12.9 Å². The molecule has 126 valence electrons. The van der Waals surface area contributed by atoms with Crippen molar-refractivity contribution in [3.8, 4) is 0 Å². The first-order valence-corrected chi connectivity index (χ1v) is 9.85. The van der Waals surface area contributed by atoms with E-state index >= 15 is 0 Å². The Morgan fingerprint density at radius 1 is 1.39 bits per heavy atom. The van der Waals surface area contributed by atoms with Crippen molar-refractivity contribution < 1.29 is 18.5 Å². The molecule has 1 rings (SSSR count). The van der Waals surface area contributed by atoms with E-state index < -0.39 is 21.6 Å². The van der Waals surface area contributed by atoms with Crippen LogP contribution in [0.25, 0.3) is 6.08 Å². The fourth-order valence-corrected chi connectivity index (χ4v) is 3.66. The summed E-state index contributed by atoms with van der Waals surface area (Å²) < 4.78 is 22.1. The summed E-state index contributed by atoms with van der Waals surface area (Å²) in [6.07, 6.45) is 5.95. The Balaban J connectivity index is 3.12. The molecule has 0 aromatic heterocycles. The minimum Gasteiger partial charge on any atom is -0.463 e. The summed E-state index contributed by atoms with van der Waals surface area (Å²) in [4.78, 5) is 23.2. The largest absolute Gasteiger partial charge is 0.463 e. The molecule has 7 heteroatoms. The summed E-state index contributed by atoms with van der Waals surface area (Å²) in [7, 11) is -2.87. The molecule has 0 saturated carbocycles. The molecule has 0 aliphatic heterocycles. The SMILES string of the molecule is CCCCOC(=O)/C=C/c1cc(Br)ccc1S(C)(=O)=NC(C)=O. The average molecular weight is 402 g/mol. The van der Waals surface area contributed by atoms with Crippen LogP contribution >= 0.6 is 15.9 Å². The van der Waals surface area contributed by atoms with Gasteiger partial charge in [0, 0.05) is 23.7 Å². The zero-order chi connectivity index (χ0) is 17.5. The monoisotopic (exact) mass is 401 g/mol. The van der Waals surface area contributed by atoms with Crippen LogP contribution in [-0.2, 0) is 24.1 Å². The number of unbranched alkanes of at least 4 members (excludes halogenated alkanes) is 1. The van der Waals surface area contributed by atoms with E-state index in [0.29, 0.717) is 17.1 Å². The van der Waals surface area contributed by atoms with Gasteiger partial charge in [-0.25, -0.2) is 9.00 Å². The predicted octanol–water partition coefficient (Wildman–Crippen LogP) is 3.81. The predicted molar refractivity (Wildman–Crippen MR) is 94.5 cm³/mol. The van der Waals surface area contributed by atoms with Crippen molar-refractivity contribution in [3.63, 3.8) is 0 Å². The van der Waals surface area contributed by atoms with Crippen LogP contribution in [0.3, 0.4) is 0 Å². The van der Waals surface area contributed by atoms with Crippen molar-refractivity contribution in [2.24, 2.45) is 4.36 Å². The van der Waals surface area contributed by atoms with Gasteiger partial charge in [0.1, 0.15) is 0 Å². The molecule has 23 heavy (non-hydrogen) atoms. The second kappa shape index (κ2) is 8.98. The summed E-state index contributed by atoms with van der Waals surface area (Å²) in [6.45, 7) is 3.63. The Morgan fingerprint density at radius 3 is 2.70 bits per heavy atom. The highest BCUT2D eigenvalue weighted by Crippen LogP contribution is 2.23. The van der Waals surface area contributed by atoms with E-state index in [-0.39, 0.29) is 0 Å². The van der Waals surface area contributed by atoms with Gasteiger partial charge in [-0.15, -0.1) is 0 Å². The number of amides is 1. The Morgan fingerprint density at radius 2 is 2.09 bits per heavy atom. The van der Waals surface area contributed by atoms with Gasteiger partial charge < -0.3 is 4.74 Å². The summed E-state index contributed by atoms with van der Waals surface area (Å²) >= 11 is 3.33. The topological polar surface area (TPSA) is 72.8 Å². The van der Waals surface area contributed by atoms with Crippen molar-refractivity contribution in [2.45, 2.75) is 31.6 Å². The molecule has 0 spiro atoms. The molecule has 0 saturated heterocycles. The Kier molecular flexibility index (Phi) is 7.64. The number of nitrogens with zero attached hydrogens (tertiary/aromatic N) is 1. The summed E-state index contributed by atoms with van der Waals surface area (Å²) in [5.74, 6) is -0.968. The molecule has 0 N–H and O–H groups in total. The van der Waals surface area contributed by atoms with E-state index in [1.165, 1.54) is 25.3 Å². The number of esters is 1. The second-order valence-electron chi connectivity index (χ2n) is 4.95. The first-order valence-electron chi connectivity index (χ1n) is 7.13. The van der Waals surface area contributed by atoms with Gasteiger partial charge in [0.05, 0.1) is 21.2 Å². The molecule has 1 aromatic rings.